The lowest BCUT2D eigenvalue weighted by molar-refractivity contribution is 0.767. The molecule has 0 spiro atoms. The lowest BCUT2D eigenvalue weighted by Gasteiger charge is -2.07. The van der Waals surface area contributed by atoms with Gasteiger partial charge < -0.3 is 11.1 Å². The highest BCUT2D eigenvalue weighted by Gasteiger charge is 2.07. The predicted octanol–water partition coefficient (Wildman–Crippen LogP) is 2.32. The van der Waals surface area contributed by atoms with Crippen LogP contribution in [0.5, 0.6) is 0 Å². The predicted molar refractivity (Wildman–Crippen MR) is 69.2 cm³/mol. The van der Waals surface area contributed by atoms with E-state index in [-0.39, 0.29) is 5.82 Å². The number of nitrogen functional groups attached to an aromatic ring is 1. The van der Waals surface area contributed by atoms with Crippen molar-refractivity contribution in [2.24, 2.45) is 7.05 Å². The number of nitrogens with two attached hydrogens (primary N) is 1. The van der Waals surface area contributed by atoms with Crippen LogP contribution in [0.25, 0.3) is 0 Å². The van der Waals surface area contributed by atoms with Crippen LogP contribution < -0.4 is 11.1 Å². The van der Waals surface area contributed by atoms with Crippen molar-refractivity contribution in [2.45, 2.75) is 6.54 Å². The first kappa shape index (κ1) is 12.0. The maximum Gasteiger partial charge on any atom is 0.147 e. The van der Waals surface area contributed by atoms with Crippen molar-refractivity contribution in [1.82, 2.24) is 14.8 Å². The van der Waals surface area contributed by atoms with Gasteiger partial charge in [0.1, 0.15) is 11.6 Å². The topological polar surface area (TPSA) is 68.8 Å². The molecule has 0 saturated heterocycles. The quantitative estimate of drug-likeness (QED) is 0.899. The molecule has 0 unspecified atom stereocenters. The molecule has 0 aliphatic heterocycles. The van der Waals surface area contributed by atoms with E-state index in [2.05, 4.69) is 15.4 Å². The van der Waals surface area contributed by atoms with Crippen molar-refractivity contribution in [1.29, 1.82) is 0 Å². The van der Waals surface area contributed by atoms with E-state index in [9.17, 15) is 0 Å². The van der Waals surface area contributed by atoms with Gasteiger partial charge in [0.25, 0.3) is 0 Å². The van der Waals surface area contributed by atoms with Gasteiger partial charge in [-0.05, 0) is 6.07 Å². The highest BCUT2D eigenvalue weighted by atomic mass is 35.5. The SMILES string of the molecule is Cn1cc(CNc2nc(N)c(Cl)cc2Cl)cn1. The van der Waals surface area contributed by atoms with Crippen LogP contribution >= 0.6 is 23.2 Å². The second-order valence-electron chi connectivity index (χ2n) is 3.56. The molecule has 3 N–H and O–H groups in total. The summed E-state index contributed by atoms with van der Waals surface area (Å²) in [6.45, 7) is 0.571. The van der Waals surface area contributed by atoms with Crippen LogP contribution in [0.3, 0.4) is 0 Å². The maximum atomic E-state index is 5.99. The number of anilines is 2. The molecule has 7 heteroatoms. The van der Waals surface area contributed by atoms with Crippen molar-refractivity contribution in [2.75, 3.05) is 11.1 Å². The zero-order valence-electron chi connectivity index (χ0n) is 9.11. The van der Waals surface area contributed by atoms with Crippen molar-refractivity contribution in [3.63, 3.8) is 0 Å². The molecular formula is C10H11Cl2N5. The van der Waals surface area contributed by atoms with Crippen LogP contribution in [-0.2, 0) is 13.6 Å². The summed E-state index contributed by atoms with van der Waals surface area (Å²) in [6.07, 6.45) is 3.67. The van der Waals surface area contributed by atoms with Gasteiger partial charge in [0.05, 0.1) is 16.2 Å². The Bertz CT molecular complexity index is 537. The van der Waals surface area contributed by atoms with Crippen LogP contribution in [0.15, 0.2) is 18.5 Å². The van der Waals surface area contributed by atoms with Gasteiger partial charge in [-0.2, -0.15) is 5.10 Å². The van der Waals surface area contributed by atoms with E-state index >= 15 is 0 Å². The van der Waals surface area contributed by atoms with Gasteiger partial charge in [0.2, 0.25) is 0 Å². The molecule has 2 rings (SSSR count). The van der Waals surface area contributed by atoms with Crippen LogP contribution in [0, 0.1) is 0 Å². The summed E-state index contributed by atoms with van der Waals surface area (Å²) in [5.74, 6) is 0.766. The molecule has 90 valence electrons. The Morgan fingerprint density at radius 2 is 2.18 bits per heavy atom. The number of hydrogen-bond acceptors (Lipinski definition) is 4. The number of rotatable bonds is 3. The Morgan fingerprint density at radius 3 is 2.82 bits per heavy atom. The molecule has 0 aromatic carbocycles. The summed E-state index contributed by atoms with van der Waals surface area (Å²) in [5.41, 5.74) is 6.63. The second-order valence-corrected chi connectivity index (χ2v) is 4.38. The maximum absolute atomic E-state index is 5.99. The molecule has 5 nitrogen and oxygen atoms in total. The third-order valence-electron chi connectivity index (χ3n) is 2.17. The second kappa shape index (κ2) is 4.81. The van der Waals surface area contributed by atoms with E-state index in [1.807, 2.05) is 13.2 Å². The first-order chi connectivity index (χ1) is 8.06. The van der Waals surface area contributed by atoms with Gasteiger partial charge in [-0.25, -0.2) is 4.98 Å². The first-order valence-electron chi connectivity index (χ1n) is 4.89. The van der Waals surface area contributed by atoms with Crippen LogP contribution in [-0.4, -0.2) is 14.8 Å². The van der Waals surface area contributed by atoms with Gasteiger partial charge in [0.15, 0.2) is 0 Å². The normalized spacial score (nSPS) is 10.5. The Hall–Kier alpha value is -1.46. The Labute approximate surface area is 109 Å². The third kappa shape index (κ3) is 2.81. The Morgan fingerprint density at radius 1 is 1.41 bits per heavy atom. The number of nitrogens with zero attached hydrogens (tertiary/aromatic N) is 3. The number of pyridine rings is 1. The monoisotopic (exact) mass is 271 g/mol. The summed E-state index contributed by atoms with van der Waals surface area (Å²) in [6, 6.07) is 1.57. The number of halogens is 2. The molecule has 0 aliphatic carbocycles. The lowest BCUT2D eigenvalue weighted by atomic mass is 10.3. The summed E-state index contributed by atoms with van der Waals surface area (Å²) < 4.78 is 1.72. The fraction of sp³-hybridized carbons (Fsp3) is 0.200. The van der Waals surface area contributed by atoms with Crippen LogP contribution in [0.2, 0.25) is 10.0 Å². The average molecular weight is 272 g/mol. The number of aromatic nitrogens is 3. The highest BCUT2D eigenvalue weighted by Crippen LogP contribution is 2.27. The molecule has 0 amide bonds. The average Bonchev–Trinajstić information content (AvgIpc) is 2.68. The largest absolute Gasteiger partial charge is 0.382 e. The standard InChI is InChI=1S/C10H11Cl2N5/c1-17-5-6(4-15-17)3-14-10-8(12)2-7(11)9(13)16-10/h2,4-5H,3H2,1H3,(H3,13,14,16). The van der Waals surface area contributed by atoms with Crippen molar-refractivity contribution in [3.05, 3.63) is 34.1 Å². The molecular weight excluding hydrogens is 261 g/mol. The highest BCUT2D eigenvalue weighted by molar-refractivity contribution is 6.37. The molecule has 2 aromatic rings. The van der Waals surface area contributed by atoms with E-state index in [0.717, 1.165) is 5.56 Å². The van der Waals surface area contributed by atoms with Gasteiger partial charge in [0, 0.05) is 25.4 Å². The van der Waals surface area contributed by atoms with Gasteiger partial charge in [-0.15, -0.1) is 0 Å². The summed E-state index contributed by atoms with van der Waals surface area (Å²) >= 11 is 11.8. The fourth-order valence-electron chi connectivity index (χ4n) is 1.35. The number of hydrogen-bond donors (Lipinski definition) is 2. The van der Waals surface area contributed by atoms with Gasteiger partial charge in [-0.1, -0.05) is 23.2 Å². The van der Waals surface area contributed by atoms with Crippen molar-refractivity contribution in [3.8, 4) is 0 Å². The first-order valence-corrected chi connectivity index (χ1v) is 5.65. The smallest absolute Gasteiger partial charge is 0.147 e. The zero-order valence-corrected chi connectivity index (χ0v) is 10.6. The minimum atomic E-state index is 0.254. The summed E-state index contributed by atoms with van der Waals surface area (Å²) in [4.78, 5) is 4.07. The van der Waals surface area contributed by atoms with E-state index in [1.165, 1.54) is 0 Å². The number of aryl methyl sites for hydroxylation is 1. The van der Waals surface area contributed by atoms with E-state index in [0.29, 0.717) is 22.4 Å². The lowest BCUT2D eigenvalue weighted by Crippen LogP contribution is -2.03. The van der Waals surface area contributed by atoms with Gasteiger partial charge >= 0.3 is 0 Å². The van der Waals surface area contributed by atoms with Crippen LogP contribution in [0.4, 0.5) is 11.6 Å². The van der Waals surface area contributed by atoms with Gasteiger partial charge in [-0.3, -0.25) is 4.68 Å². The van der Waals surface area contributed by atoms with E-state index < -0.39 is 0 Å². The summed E-state index contributed by atoms with van der Waals surface area (Å²) in [7, 11) is 1.86. The molecule has 0 bridgehead atoms. The summed E-state index contributed by atoms with van der Waals surface area (Å²) in [5, 5.41) is 7.92. The van der Waals surface area contributed by atoms with Crippen LogP contribution in [0.1, 0.15) is 5.56 Å². The van der Waals surface area contributed by atoms with Crippen molar-refractivity contribution < 1.29 is 0 Å². The molecule has 2 aromatic heterocycles. The molecule has 0 atom stereocenters. The fourth-order valence-corrected chi connectivity index (χ4v) is 1.78. The zero-order chi connectivity index (χ0) is 12.4. The minimum absolute atomic E-state index is 0.254. The van der Waals surface area contributed by atoms with E-state index in [1.54, 1.807) is 16.9 Å². The molecule has 2 heterocycles. The molecule has 0 aliphatic rings. The van der Waals surface area contributed by atoms with Crippen molar-refractivity contribution >= 4 is 34.8 Å². The third-order valence-corrected chi connectivity index (χ3v) is 2.77. The minimum Gasteiger partial charge on any atom is -0.382 e. The molecule has 0 saturated carbocycles. The molecule has 17 heavy (non-hydrogen) atoms. The number of nitrogens with one attached hydrogen (secondary N) is 1. The molecule has 0 radical (unpaired) electrons. The molecule has 0 fully saturated rings. The Balaban J connectivity index is 2.11. The Kier molecular flexibility index (Phi) is 3.40. The van der Waals surface area contributed by atoms with E-state index in [4.69, 9.17) is 28.9 Å².